The van der Waals surface area contributed by atoms with E-state index in [9.17, 15) is 24.8 Å². The summed E-state index contributed by atoms with van der Waals surface area (Å²) in [6, 6.07) is 1.73. The first-order valence-corrected chi connectivity index (χ1v) is 5.20. The average Bonchev–Trinajstić information content (AvgIpc) is 2.43. The number of benzene rings is 1. The molecule has 0 heterocycles. The number of carbonyl (C=O) groups is 2. The number of esters is 2. The SMILES string of the molecule is COC(=O)COc1c(C(=O)OC)cc(O)cc1[N+](=O)[O-]. The quantitative estimate of drug-likeness (QED) is 0.474. The van der Waals surface area contributed by atoms with E-state index in [4.69, 9.17) is 4.74 Å². The van der Waals surface area contributed by atoms with Crippen molar-refractivity contribution in [1.29, 1.82) is 0 Å². The van der Waals surface area contributed by atoms with Crippen LogP contribution in [0.3, 0.4) is 0 Å². The third kappa shape index (κ3) is 3.34. The van der Waals surface area contributed by atoms with Crippen LogP contribution in [0.1, 0.15) is 10.4 Å². The van der Waals surface area contributed by atoms with E-state index in [-0.39, 0.29) is 5.56 Å². The molecule has 0 amide bonds. The van der Waals surface area contributed by atoms with Crippen molar-refractivity contribution in [3.05, 3.63) is 27.8 Å². The van der Waals surface area contributed by atoms with Crippen LogP contribution in [-0.4, -0.2) is 42.8 Å². The minimum absolute atomic E-state index is 0.372. The van der Waals surface area contributed by atoms with Crippen LogP contribution in [0.15, 0.2) is 12.1 Å². The molecule has 20 heavy (non-hydrogen) atoms. The van der Waals surface area contributed by atoms with Crippen LogP contribution < -0.4 is 4.74 Å². The van der Waals surface area contributed by atoms with E-state index in [0.717, 1.165) is 26.4 Å². The highest BCUT2D eigenvalue weighted by molar-refractivity contribution is 5.94. The Hall–Kier alpha value is -2.84. The van der Waals surface area contributed by atoms with Gasteiger partial charge in [-0.2, -0.15) is 0 Å². The van der Waals surface area contributed by atoms with E-state index < -0.39 is 40.7 Å². The highest BCUT2D eigenvalue weighted by atomic mass is 16.6. The Bertz CT molecular complexity index is 554. The van der Waals surface area contributed by atoms with Gasteiger partial charge in [-0.1, -0.05) is 0 Å². The Morgan fingerprint density at radius 2 is 1.95 bits per heavy atom. The molecule has 0 aromatic heterocycles. The summed E-state index contributed by atoms with van der Waals surface area (Å²) in [7, 11) is 2.17. The lowest BCUT2D eigenvalue weighted by molar-refractivity contribution is -0.385. The number of methoxy groups -OCH3 is 2. The second kappa shape index (κ2) is 6.36. The number of aromatic hydroxyl groups is 1. The second-order valence-electron chi connectivity index (χ2n) is 3.46. The third-order valence-electron chi connectivity index (χ3n) is 2.22. The lowest BCUT2D eigenvalue weighted by atomic mass is 10.1. The molecule has 108 valence electrons. The average molecular weight is 285 g/mol. The number of rotatable bonds is 5. The van der Waals surface area contributed by atoms with Gasteiger partial charge in [0.1, 0.15) is 11.3 Å². The van der Waals surface area contributed by atoms with Crippen LogP contribution in [-0.2, 0) is 14.3 Å². The number of phenolic OH excluding ortho intramolecular Hbond substituents is 1. The van der Waals surface area contributed by atoms with Crippen molar-refractivity contribution < 1.29 is 33.8 Å². The molecular formula is C11H11NO8. The first-order chi connectivity index (χ1) is 9.40. The maximum atomic E-state index is 11.5. The number of hydrogen-bond donors (Lipinski definition) is 1. The predicted octanol–water partition coefficient (Wildman–Crippen LogP) is 0.639. The summed E-state index contributed by atoms with van der Waals surface area (Å²) in [5.74, 6) is -2.74. The zero-order valence-electron chi connectivity index (χ0n) is 10.6. The maximum absolute atomic E-state index is 11.5. The van der Waals surface area contributed by atoms with Crippen molar-refractivity contribution in [2.45, 2.75) is 0 Å². The van der Waals surface area contributed by atoms with Crippen LogP contribution >= 0.6 is 0 Å². The van der Waals surface area contributed by atoms with Gasteiger partial charge in [-0.3, -0.25) is 10.1 Å². The Morgan fingerprint density at radius 3 is 2.45 bits per heavy atom. The standard InChI is InChI=1S/C11H11NO8/c1-18-9(14)5-20-10-7(11(15)19-2)3-6(13)4-8(10)12(16)17/h3-4,13H,5H2,1-2H3. The number of carbonyl (C=O) groups excluding carboxylic acids is 2. The number of ether oxygens (including phenoxy) is 3. The largest absolute Gasteiger partial charge is 0.508 e. The Morgan fingerprint density at radius 1 is 1.30 bits per heavy atom. The molecule has 1 aromatic carbocycles. The van der Waals surface area contributed by atoms with Gasteiger partial charge in [0.2, 0.25) is 5.75 Å². The molecule has 0 unspecified atom stereocenters. The van der Waals surface area contributed by atoms with Crippen molar-refractivity contribution in [3.8, 4) is 11.5 Å². The zero-order valence-corrected chi connectivity index (χ0v) is 10.6. The fourth-order valence-corrected chi connectivity index (χ4v) is 1.34. The molecule has 0 bridgehead atoms. The normalized spacial score (nSPS) is 9.70. The summed E-state index contributed by atoms with van der Waals surface area (Å²) in [6.45, 7) is -0.633. The van der Waals surface area contributed by atoms with E-state index in [2.05, 4.69) is 9.47 Å². The van der Waals surface area contributed by atoms with Crippen LogP contribution in [0, 0.1) is 10.1 Å². The monoisotopic (exact) mass is 285 g/mol. The van der Waals surface area contributed by atoms with Gasteiger partial charge in [0.15, 0.2) is 6.61 Å². The molecule has 0 spiro atoms. The predicted molar refractivity (Wildman–Crippen MR) is 63.6 cm³/mol. The number of nitrogens with zero attached hydrogens (tertiary/aromatic N) is 1. The lowest BCUT2D eigenvalue weighted by Gasteiger charge is -2.10. The zero-order chi connectivity index (χ0) is 15.3. The molecular weight excluding hydrogens is 274 g/mol. The Kier molecular flexibility index (Phi) is 4.84. The van der Waals surface area contributed by atoms with Crippen molar-refractivity contribution in [3.63, 3.8) is 0 Å². The Labute approximate surface area is 112 Å². The van der Waals surface area contributed by atoms with Gasteiger partial charge in [0.05, 0.1) is 25.2 Å². The minimum atomic E-state index is -0.955. The molecule has 0 saturated carbocycles. The smallest absolute Gasteiger partial charge is 0.343 e. The van der Waals surface area contributed by atoms with Gasteiger partial charge in [-0.25, -0.2) is 9.59 Å². The van der Waals surface area contributed by atoms with Gasteiger partial charge >= 0.3 is 17.6 Å². The van der Waals surface area contributed by atoms with E-state index in [1.807, 2.05) is 0 Å². The molecule has 9 heteroatoms. The summed E-state index contributed by atoms with van der Waals surface area (Å²) in [5, 5.41) is 20.3. The maximum Gasteiger partial charge on any atom is 0.343 e. The highest BCUT2D eigenvalue weighted by Crippen LogP contribution is 2.35. The topological polar surface area (TPSA) is 125 Å². The van der Waals surface area contributed by atoms with Gasteiger partial charge in [0, 0.05) is 0 Å². The molecule has 0 fully saturated rings. The van der Waals surface area contributed by atoms with Gasteiger partial charge < -0.3 is 19.3 Å². The van der Waals surface area contributed by atoms with E-state index in [1.165, 1.54) is 0 Å². The van der Waals surface area contributed by atoms with Gasteiger partial charge in [0.25, 0.3) is 0 Å². The third-order valence-corrected chi connectivity index (χ3v) is 2.22. The van der Waals surface area contributed by atoms with Crippen LogP contribution in [0.25, 0.3) is 0 Å². The molecule has 1 rings (SSSR count). The van der Waals surface area contributed by atoms with E-state index in [1.54, 1.807) is 0 Å². The molecule has 0 atom stereocenters. The molecule has 0 aliphatic heterocycles. The van der Waals surface area contributed by atoms with Crippen LogP contribution in [0.4, 0.5) is 5.69 Å². The molecule has 0 aliphatic carbocycles. The number of phenols is 1. The summed E-state index contributed by atoms with van der Waals surface area (Å²) >= 11 is 0. The molecule has 0 aliphatic rings. The fraction of sp³-hybridized carbons (Fsp3) is 0.273. The minimum Gasteiger partial charge on any atom is -0.508 e. The van der Waals surface area contributed by atoms with Gasteiger partial charge in [-0.05, 0) is 6.07 Å². The lowest BCUT2D eigenvalue weighted by Crippen LogP contribution is -2.15. The molecule has 9 nitrogen and oxygen atoms in total. The van der Waals surface area contributed by atoms with Crippen LogP contribution in [0.2, 0.25) is 0 Å². The van der Waals surface area contributed by atoms with Crippen LogP contribution in [0.5, 0.6) is 11.5 Å². The molecule has 1 N–H and O–H groups in total. The first kappa shape index (κ1) is 15.2. The van der Waals surface area contributed by atoms with Gasteiger partial charge in [-0.15, -0.1) is 0 Å². The summed E-state index contributed by atoms with van der Waals surface area (Å²) in [6.07, 6.45) is 0. The van der Waals surface area contributed by atoms with E-state index in [0.29, 0.717) is 0 Å². The molecule has 1 aromatic rings. The van der Waals surface area contributed by atoms with E-state index >= 15 is 0 Å². The van der Waals surface area contributed by atoms with Crippen molar-refractivity contribution in [2.75, 3.05) is 20.8 Å². The van der Waals surface area contributed by atoms with Crippen molar-refractivity contribution >= 4 is 17.6 Å². The van der Waals surface area contributed by atoms with Crippen molar-refractivity contribution in [1.82, 2.24) is 0 Å². The summed E-state index contributed by atoms with van der Waals surface area (Å²) in [4.78, 5) is 32.6. The number of nitro benzene ring substituents is 1. The first-order valence-electron chi connectivity index (χ1n) is 5.20. The summed E-state index contributed by atoms with van der Waals surface area (Å²) in [5.41, 5.74) is -1.04. The highest BCUT2D eigenvalue weighted by Gasteiger charge is 2.26. The molecule has 0 saturated heterocycles. The number of hydrogen-bond acceptors (Lipinski definition) is 8. The second-order valence-corrected chi connectivity index (χ2v) is 3.46. The molecule has 0 radical (unpaired) electrons. The fourth-order valence-electron chi connectivity index (χ4n) is 1.34. The summed E-state index contributed by atoms with van der Waals surface area (Å²) < 4.78 is 13.7. The van der Waals surface area contributed by atoms with Crippen molar-refractivity contribution in [2.24, 2.45) is 0 Å². The Balaban J connectivity index is 3.30. The number of nitro groups is 1.